The minimum absolute atomic E-state index is 0.713. The molecule has 3 saturated carbocycles. The molecule has 5 rings (SSSR count). The molecule has 3 fully saturated rings. The van der Waals surface area contributed by atoms with E-state index < -0.39 is 0 Å². The molecule has 2 bridgehead atoms. The predicted octanol–water partition coefficient (Wildman–Crippen LogP) is 3.16. The first kappa shape index (κ1) is 6.87. The van der Waals surface area contributed by atoms with Gasteiger partial charge in [0.15, 0.2) is 0 Å². The molecule has 0 nitrogen and oxygen atoms in total. The molecule has 0 heteroatoms. The van der Waals surface area contributed by atoms with E-state index in [1.165, 1.54) is 25.7 Å². The van der Waals surface area contributed by atoms with Gasteiger partial charge in [-0.3, -0.25) is 0 Å². The molecule has 5 aliphatic rings. The minimum atomic E-state index is 0.713. The molecule has 4 atom stereocenters. The highest BCUT2D eigenvalue weighted by atomic mass is 14.8. The first-order valence-corrected chi connectivity index (χ1v) is 6.24. The van der Waals surface area contributed by atoms with E-state index in [0.717, 1.165) is 29.1 Å². The van der Waals surface area contributed by atoms with Crippen molar-refractivity contribution in [1.82, 2.24) is 0 Å². The van der Waals surface area contributed by atoms with Crippen molar-refractivity contribution >= 4 is 0 Å². The van der Waals surface area contributed by atoms with Crippen molar-refractivity contribution in [3.05, 3.63) is 24.3 Å². The van der Waals surface area contributed by atoms with Gasteiger partial charge in [-0.25, -0.2) is 0 Å². The van der Waals surface area contributed by atoms with Crippen molar-refractivity contribution in [1.29, 1.82) is 0 Å². The molecular formula is C14H16. The zero-order valence-electron chi connectivity index (χ0n) is 8.45. The van der Waals surface area contributed by atoms with Crippen LogP contribution in [0.4, 0.5) is 0 Å². The van der Waals surface area contributed by atoms with Crippen LogP contribution in [-0.2, 0) is 0 Å². The van der Waals surface area contributed by atoms with Crippen molar-refractivity contribution < 1.29 is 0 Å². The van der Waals surface area contributed by atoms with Crippen LogP contribution in [0.3, 0.4) is 0 Å². The van der Waals surface area contributed by atoms with E-state index >= 15 is 0 Å². The second kappa shape index (κ2) is 1.66. The molecule has 0 heterocycles. The standard InChI is InChI=1S/C14H16/c1-2-11-12-9(3-4-13(12)5-6-13)10(1)14(11)7-8-14/h1-4,9-12H,5-8H2/t9-,10-,11-,12+/m0/s1. The van der Waals surface area contributed by atoms with Gasteiger partial charge in [0.1, 0.15) is 0 Å². The van der Waals surface area contributed by atoms with Crippen molar-refractivity contribution in [2.45, 2.75) is 25.7 Å². The highest BCUT2D eigenvalue weighted by Gasteiger charge is 2.72. The fourth-order valence-corrected chi connectivity index (χ4v) is 5.15. The first-order chi connectivity index (χ1) is 6.86. The zero-order chi connectivity index (χ0) is 8.97. The second-order valence-corrected chi connectivity index (χ2v) is 6.37. The Labute approximate surface area is 85.1 Å². The van der Waals surface area contributed by atoms with Crippen molar-refractivity contribution in [3.63, 3.8) is 0 Å². The van der Waals surface area contributed by atoms with Gasteiger partial charge in [-0.15, -0.1) is 0 Å². The summed E-state index contributed by atoms with van der Waals surface area (Å²) in [6.45, 7) is 0. The first-order valence-electron chi connectivity index (χ1n) is 6.24. The summed E-state index contributed by atoms with van der Waals surface area (Å²) in [7, 11) is 0. The fraction of sp³-hybridized carbons (Fsp3) is 0.714. The highest BCUT2D eigenvalue weighted by molar-refractivity contribution is 5.38. The van der Waals surface area contributed by atoms with Gasteiger partial charge in [0.05, 0.1) is 0 Å². The van der Waals surface area contributed by atoms with Gasteiger partial charge in [-0.05, 0) is 60.2 Å². The lowest BCUT2D eigenvalue weighted by atomic mass is 9.78. The molecule has 0 N–H and O–H groups in total. The summed E-state index contributed by atoms with van der Waals surface area (Å²) >= 11 is 0. The number of hydrogen-bond acceptors (Lipinski definition) is 0. The van der Waals surface area contributed by atoms with Gasteiger partial charge >= 0.3 is 0 Å². The minimum Gasteiger partial charge on any atom is -0.0842 e. The van der Waals surface area contributed by atoms with Crippen LogP contribution < -0.4 is 0 Å². The maximum atomic E-state index is 2.59. The number of fused-ring (bicyclic) bond motifs is 4. The van der Waals surface area contributed by atoms with Crippen LogP contribution >= 0.6 is 0 Å². The van der Waals surface area contributed by atoms with Crippen LogP contribution in [0, 0.1) is 34.5 Å². The van der Waals surface area contributed by atoms with Gasteiger partial charge in [0.2, 0.25) is 0 Å². The molecule has 0 amide bonds. The van der Waals surface area contributed by atoms with Crippen LogP contribution in [0.2, 0.25) is 0 Å². The van der Waals surface area contributed by atoms with Crippen LogP contribution in [0.5, 0.6) is 0 Å². The summed E-state index contributed by atoms with van der Waals surface area (Å²) in [6.07, 6.45) is 16.4. The SMILES string of the molecule is C1=CC2(CC2)[C@@H]2[C@@H]1[C@@H]1C=C[C@@H]2C12CC2. The normalized spacial score (nSPS) is 56.0. The third-order valence-corrected chi connectivity index (χ3v) is 6.04. The van der Waals surface area contributed by atoms with E-state index in [1.807, 2.05) is 0 Å². The Morgan fingerprint density at radius 2 is 1.64 bits per heavy atom. The number of rotatable bonds is 0. The summed E-state index contributed by atoms with van der Waals surface area (Å²) in [5.41, 5.74) is 1.51. The summed E-state index contributed by atoms with van der Waals surface area (Å²) in [5, 5.41) is 0. The second-order valence-electron chi connectivity index (χ2n) is 6.37. The van der Waals surface area contributed by atoms with Crippen LogP contribution in [0.15, 0.2) is 24.3 Å². The molecule has 0 aliphatic heterocycles. The average Bonchev–Trinajstić information content (AvgIpc) is 3.02. The van der Waals surface area contributed by atoms with E-state index in [4.69, 9.17) is 0 Å². The van der Waals surface area contributed by atoms with Crippen molar-refractivity contribution in [2.24, 2.45) is 34.5 Å². The van der Waals surface area contributed by atoms with Crippen LogP contribution in [0.1, 0.15) is 25.7 Å². The molecule has 0 aromatic rings. The molecule has 72 valence electrons. The summed E-state index contributed by atoms with van der Waals surface area (Å²) in [6, 6.07) is 0. The third kappa shape index (κ3) is 0.495. The van der Waals surface area contributed by atoms with Gasteiger partial charge in [0.25, 0.3) is 0 Å². The Morgan fingerprint density at radius 3 is 2.36 bits per heavy atom. The Morgan fingerprint density at radius 1 is 0.857 bits per heavy atom. The Hall–Kier alpha value is -0.520. The smallest absolute Gasteiger partial charge is 0.00776 e. The lowest BCUT2D eigenvalue weighted by molar-refractivity contribution is 0.277. The molecule has 0 unspecified atom stereocenters. The highest BCUT2D eigenvalue weighted by Crippen LogP contribution is 2.79. The molecule has 0 radical (unpaired) electrons. The largest absolute Gasteiger partial charge is 0.0842 e. The average molecular weight is 184 g/mol. The summed E-state index contributed by atoms with van der Waals surface area (Å²) < 4.78 is 0. The number of hydrogen-bond donors (Lipinski definition) is 0. The number of allylic oxidation sites excluding steroid dienone is 4. The molecular weight excluding hydrogens is 168 g/mol. The van der Waals surface area contributed by atoms with Crippen LogP contribution in [-0.4, -0.2) is 0 Å². The molecule has 0 aromatic heterocycles. The van der Waals surface area contributed by atoms with E-state index in [9.17, 15) is 0 Å². The fourth-order valence-electron chi connectivity index (χ4n) is 5.15. The van der Waals surface area contributed by atoms with E-state index in [0.29, 0.717) is 5.41 Å². The molecule has 0 saturated heterocycles. The van der Waals surface area contributed by atoms with Gasteiger partial charge in [-0.2, -0.15) is 0 Å². The van der Waals surface area contributed by atoms with Crippen molar-refractivity contribution in [2.75, 3.05) is 0 Å². The van der Waals surface area contributed by atoms with E-state index in [2.05, 4.69) is 24.3 Å². The monoisotopic (exact) mass is 184 g/mol. The zero-order valence-corrected chi connectivity index (χ0v) is 8.45. The van der Waals surface area contributed by atoms with Crippen molar-refractivity contribution in [3.8, 4) is 0 Å². The Kier molecular flexibility index (Phi) is 0.815. The maximum absolute atomic E-state index is 2.59. The Balaban J connectivity index is 1.72. The maximum Gasteiger partial charge on any atom is -0.00776 e. The lowest BCUT2D eigenvalue weighted by Crippen LogP contribution is -2.21. The summed E-state index contributed by atoms with van der Waals surface area (Å²) in [5.74, 6) is 3.93. The molecule has 2 spiro atoms. The van der Waals surface area contributed by atoms with Crippen LogP contribution in [0.25, 0.3) is 0 Å². The molecule has 5 aliphatic carbocycles. The van der Waals surface area contributed by atoms with Gasteiger partial charge in [-0.1, -0.05) is 24.3 Å². The molecule has 14 heavy (non-hydrogen) atoms. The van der Waals surface area contributed by atoms with E-state index in [-0.39, 0.29) is 0 Å². The quantitative estimate of drug-likeness (QED) is 0.507. The Bertz CT molecular complexity index is 379. The third-order valence-electron chi connectivity index (χ3n) is 6.04. The predicted molar refractivity (Wildman–Crippen MR) is 55.6 cm³/mol. The topological polar surface area (TPSA) is 0 Å². The lowest BCUT2D eigenvalue weighted by Gasteiger charge is -2.26. The van der Waals surface area contributed by atoms with Gasteiger partial charge in [0, 0.05) is 0 Å². The molecule has 0 aromatic carbocycles. The summed E-state index contributed by atoms with van der Waals surface area (Å²) in [4.78, 5) is 0. The van der Waals surface area contributed by atoms with Gasteiger partial charge < -0.3 is 0 Å². The van der Waals surface area contributed by atoms with E-state index in [1.54, 1.807) is 0 Å².